The first-order valence-electron chi connectivity index (χ1n) is 5.79. The van der Waals surface area contributed by atoms with Crippen molar-refractivity contribution in [1.29, 1.82) is 0 Å². The van der Waals surface area contributed by atoms with Crippen LogP contribution in [0.1, 0.15) is 25.1 Å². The number of rotatable bonds is 6. The Labute approximate surface area is 110 Å². The Morgan fingerprint density at radius 3 is 2.83 bits per heavy atom. The van der Waals surface area contributed by atoms with Gasteiger partial charge in [0.1, 0.15) is 5.78 Å². The van der Waals surface area contributed by atoms with E-state index >= 15 is 0 Å². The van der Waals surface area contributed by atoms with Gasteiger partial charge in [-0.15, -0.1) is 11.8 Å². The lowest BCUT2D eigenvalue weighted by atomic mass is 10.2. The Kier molecular flexibility index (Phi) is 4.52. The van der Waals surface area contributed by atoms with Crippen molar-refractivity contribution in [3.05, 3.63) is 42.0 Å². The number of ketones is 1. The molecule has 0 N–H and O–H groups in total. The van der Waals surface area contributed by atoms with Crippen molar-refractivity contribution in [2.45, 2.75) is 30.4 Å². The zero-order valence-electron chi connectivity index (χ0n) is 10.1. The highest BCUT2D eigenvalue weighted by atomic mass is 32.2. The maximum absolute atomic E-state index is 11.2. The number of nitrogens with zero attached hydrogens (tertiary/aromatic N) is 2. The Morgan fingerprint density at radius 1 is 1.33 bits per heavy atom. The fourth-order valence-corrected chi connectivity index (χ4v) is 2.14. The molecule has 1 aromatic carbocycles. The molecule has 0 amide bonds. The van der Waals surface area contributed by atoms with Crippen molar-refractivity contribution < 1.29 is 9.32 Å². The maximum atomic E-state index is 11.2. The highest BCUT2D eigenvalue weighted by Gasteiger charge is 2.10. The minimum atomic E-state index is 0.112. The van der Waals surface area contributed by atoms with Crippen molar-refractivity contribution in [3.63, 3.8) is 0 Å². The molecule has 2 rings (SSSR count). The van der Waals surface area contributed by atoms with Crippen molar-refractivity contribution in [2.24, 2.45) is 0 Å². The summed E-state index contributed by atoms with van der Waals surface area (Å²) in [6.07, 6.45) is 0.732. The molecule has 2 aromatic rings. The molecule has 0 fully saturated rings. The minimum absolute atomic E-state index is 0.112. The second-order valence-corrected chi connectivity index (χ2v) is 4.82. The summed E-state index contributed by atoms with van der Waals surface area (Å²) in [5, 5.41) is 3.86. The number of thioether (sulfide) groups is 1. The van der Waals surface area contributed by atoms with Gasteiger partial charge in [-0.2, -0.15) is 4.98 Å². The summed E-state index contributed by atoms with van der Waals surface area (Å²) < 4.78 is 5.03. The van der Waals surface area contributed by atoms with Gasteiger partial charge in [0.15, 0.2) is 5.82 Å². The van der Waals surface area contributed by atoms with Crippen LogP contribution in [0.15, 0.2) is 39.8 Å². The summed E-state index contributed by atoms with van der Waals surface area (Å²) in [6, 6.07) is 10.0. The van der Waals surface area contributed by atoms with E-state index in [9.17, 15) is 4.79 Å². The molecular weight excluding hydrogens is 248 g/mol. The van der Waals surface area contributed by atoms with E-state index in [0.29, 0.717) is 23.9 Å². The van der Waals surface area contributed by atoms with Crippen LogP contribution in [0.4, 0.5) is 0 Å². The number of hydrogen-bond acceptors (Lipinski definition) is 5. The normalized spacial score (nSPS) is 10.5. The lowest BCUT2D eigenvalue weighted by Crippen LogP contribution is -2.00. The first kappa shape index (κ1) is 12.8. The zero-order chi connectivity index (χ0) is 12.8. The lowest BCUT2D eigenvalue weighted by Gasteiger charge is -1.96. The smallest absolute Gasteiger partial charge is 0.234 e. The Hall–Kier alpha value is -1.62. The summed E-state index contributed by atoms with van der Waals surface area (Å²) in [4.78, 5) is 16.6. The second kappa shape index (κ2) is 6.35. The quantitative estimate of drug-likeness (QED) is 0.749. The molecule has 94 valence electrons. The molecule has 0 aliphatic rings. The van der Waals surface area contributed by atoms with Crippen LogP contribution < -0.4 is 0 Å². The van der Waals surface area contributed by atoms with Crippen LogP contribution in [0.3, 0.4) is 0 Å². The van der Waals surface area contributed by atoms with Crippen LogP contribution in [-0.2, 0) is 17.0 Å². The van der Waals surface area contributed by atoms with E-state index < -0.39 is 0 Å². The third-order valence-corrected chi connectivity index (χ3v) is 3.37. The minimum Gasteiger partial charge on any atom is -0.339 e. The summed E-state index contributed by atoms with van der Waals surface area (Å²) in [5.74, 6) is 1.79. The molecule has 1 heterocycles. The number of hydrogen-bond donors (Lipinski definition) is 0. The molecule has 1 aromatic heterocycles. The van der Waals surface area contributed by atoms with Crippen molar-refractivity contribution in [2.75, 3.05) is 0 Å². The van der Waals surface area contributed by atoms with Crippen LogP contribution in [0.25, 0.3) is 0 Å². The van der Waals surface area contributed by atoms with Crippen LogP contribution >= 0.6 is 11.8 Å². The van der Waals surface area contributed by atoms with E-state index in [-0.39, 0.29) is 12.2 Å². The van der Waals surface area contributed by atoms with E-state index in [2.05, 4.69) is 10.1 Å². The van der Waals surface area contributed by atoms with E-state index in [1.807, 2.05) is 37.3 Å². The summed E-state index contributed by atoms with van der Waals surface area (Å²) >= 11 is 1.64. The summed E-state index contributed by atoms with van der Waals surface area (Å²) in [5.41, 5.74) is 0. The van der Waals surface area contributed by atoms with Gasteiger partial charge in [-0.25, -0.2) is 0 Å². The van der Waals surface area contributed by atoms with Gasteiger partial charge in [0.05, 0.1) is 12.2 Å². The number of Topliss-reactive ketones (excluding diaryl/α,β-unsaturated/α-hetero) is 1. The third kappa shape index (κ3) is 3.70. The summed E-state index contributed by atoms with van der Waals surface area (Å²) in [7, 11) is 0. The molecule has 0 atom stereocenters. The molecule has 0 aliphatic heterocycles. The first-order chi connectivity index (χ1) is 8.78. The van der Waals surface area contributed by atoms with Gasteiger partial charge in [0.2, 0.25) is 5.89 Å². The van der Waals surface area contributed by atoms with Crippen LogP contribution in [-0.4, -0.2) is 15.9 Å². The van der Waals surface area contributed by atoms with Crippen molar-refractivity contribution in [3.8, 4) is 0 Å². The third-order valence-electron chi connectivity index (χ3n) is 2.36. The molecule has 0 bridgehead atoms. The average Bonchev–Trinajstić information content (AvgIpc) is 2.85. The van der Waals surface area contributed by atoms with Crippen LogP contribution in [0, 0.1) is 0 Å². The topological polar surface area (TPSA) is 56.0 Å². The molecule has 0 saturated carbocycles. The van der Waals surface area contributed by atoms with Gasteiger partial charge in [-0.05, 0) is 12.1 Å². The average molecular weight is 262 g/mol. The molecule has 0 saturated heterocycles. The molecule has 0 aliphatic carbocycles. The predicted octanol–water partition coefficient (Wildman–Crippen LogP) is 2.88. The second-order valence-electron chi connectivity index (χ2n) is 3.78. The molecule has 18 heavy (non-hydrogen) atoms. The number of carbonyl (C=O) groups excluding carboxylic acids is 1. The van der Waals surface area contributed by atoms with Gasteiger partial charge in [-0.1, -0.05) is 30.3 Å². The molecule has 0 unspecified atom stereocenters. The maximum Gasteiger partial charge on any atom is 0.234 e. The van der Waals surface area contributed by atoms with E-state index in [0.717, 1.165) is 4.90 Å². The van der Waals surface area contributed by atoms with Crippen molar-refractivity contribution >= 4 is 17.5 Å². The van der Waals surface area contributed by atoms with E-state index in [4.69, 9.17) is 4.52 Å². The van der Waals surface area contributed by atoms with Crippen LogP contribution in [0.2, 0.25) is 0 Å². The van der Waals surface area contributed by atoms with Gasteiger partial charge >= 0.3 is 0 Å². The largest absolute Gasteiger partial charge is 0.339 e. The monoisotopic (exact) mass is 262 g/mol. The lowest BCUT2D eigenvalue weighted by molar-refractivity contribution is -0.118. The fraction of sp³-hybridized carbons (Fsp3) is 0.308. The highest BCUT2D eigenvalue weighted by molar-refractivity contribution is 7.98. The number of benzene rings is 1. The molecular formula is C13H14N2O2S. The van der Waals surface area contributed by atoms with Crippen molar-refractivity contribution in [1.82, 2.24) is 10.1 Å². The fourth-order valence-electron chi connectivity index (χ4n) is 1.38. The highest BCUT2D eigenvalue weighted by Crippen LogP contribution is 2.20. The van der Waals surface area contributed by atoms with Gasteiger partial charge < -0.3 is 4.52 Å². The number of carbonyl (C=O) groups is 1. The predicted molar refractivity (Wildman–Crippen MR) is 69.3 cm³/mol. The Morgan fingerprint density at radius 2 is 2.11 bits per heavy atom. The standard InChI is InChI=1S/C13H14N2O2S/c1-2-10(16)8-13-14-12(15-17-13)9-18-11-6-4-3-5-7-11/h3-7H,2,8-9H2,1H3. The van der Waals surface area contributed by atoms with Gasteiger partial charge in [-0.3, -0.25) is 4.79 Å². The van der Waals surface area contributed by atoms with E-state index in [1.54, 1.807) is 11.8 Å². The number of aromatic nitrogens is 2. The zero-order valence-corrected chi connectivity index (χ0v) is 10.9. The van der Waals surface area contributed by atoms with Gasteiger partial charge in [0.25, 0.3) is 0 Å². The molecule has 5 heteroatoms. The Bertz CT molecular complexity index is 511. The molecule has 4 nitrogen and oxygen atoms in total. The SMILES string of the molecule is CCC(=O)Cc1nc(CSc2ccccc2)no1. The summed E-state index contributed by atoms with van der Waals surface area (Å²) in [6.45, 7) is 1.82. The Balaban J connectivity index is 1.89. The molecule has 0 spiro atoms. The van der Waals surface area contributed by atoms with Crippen LogP contribution in [0.5, 0.6) is 0 Å². The van der Waals surface area contributed by atoms with E-state index in [1.165, 1.54) is 0 Å². The molecule has 0 radical (unpaired) electrons. The first-order valence-corrected chi connectivity index (χ1v) is 6.77. The van der Waals surface area contributed by atoms with Gasteiger partial charge in [0, 0.05) is 11.3 Å².